The normalized spacial score (nSPS) is 21.5. The first-order valence-electron chi connectivity index (χ1n) is 17.6. The molecule has 2 saturated heterocycles. The highest BCUT2D eigenvalue weighted by Gasteiger charge is 2.45. The SMILES string of the molecule is CCS(=O)(=O)NC1CCC(Cn2c(C#N)cc3c(C)c(CN4CCC5(CC4)CN(c4ncnc6ccc(CC(F)(F)F)cc46)C5)ccc32)CC1. The lowest BCUT2D eigenvalue weighted by atomic mass is 9.72. The van der Waals surface area contributed by atoms with E-state index in [-0.39, 0.29) is 22.8 Å². The van der Waals surface area contributed by atoms with E-state index in [2.05, 4.69) is 54.2 Å². The average Bonchev–Trinajstić information content (AvgIpc) is 3.43. The number of aryl methyl sites for hydroxylation is 1. The molecule has 7 rings (SSSR count). The topological polar surface area (TPSA) is 107 Å². The van der Waals surface area contributed by atoms with Crippen LogP contribution < -0.4 is 9.62 Å². The van der Waals surface area contributed by atoms with Crippen LogP contribution in [0.25, 0.3) is 21.8 Å². The third kappa shape index (κ3) is 7.20. The summed E-state index contributed by atoms with van der Waals surface area (Å²) < 4.78 is 68.2. The first-order chi connectivity index (χ1) is 23.8. The van der Waals surface area contributed by atoms with Gasteiger partial charge in [0.15, 0.2) is 0 Å². The number of aromatic nitrogens is 3. The van der Waals surface area contributed by atoms with Crippen molar-refractivity contribution in [3.05, 3.63) is 65.1 Å². The Kier molecular flexibility index (Phi) is 9.32. The van der Waals surface area contributed by atoms with Gasteiger partial charge in [0.1, 0.15) is 23.9 Å². The van der Waals surface area contributed by atoms with E-state index >= 15 is 0 Å². The molecule has 9 nitrogen and oxygen atoms in total. The highest BCUT2D eigenvalue weighted by atomic mass is 32.2. The van der Waals surface area contributed by atoms with Crippen LogP contribution in [0.15, 0.2) is 42.7 Å². The zero-order valence-corrected chi connectivity index (χ0v) is 29.5. The third-order valence-electron chi connectivity index (χ3n) is 11.3. The number of alkyl halides is 3. The average molecular weight is 708 g/mol. The van der Waals surface area contributed by atoms with Crippen molar-refractivity contribution < 1.29 is 21.6 Å². The molecule has 0 bridgehead atoms. The highest BCUT2D eigenvalue weighted by Crippen LogP contribution is 2.44. The lowest BCUT2D eigenvalue weighted by Gasteiger charge is -2.54. The number of piperidine rings is 1. The second kappa shape index (κ2) is 13.4. The van der Waals surface area contributed by atoms with Gasteiger partial charge >= 0.3 is 6.18 Å². The highest BCUT2D eigenvalue weighted by molar-refractivity contribution is 7.89. The number of nitriles is 1. The lowest BCUT2D eigenvalue weighted by Crippen LogP contribution is -2.60. The molecule has 13 heteroatoms. The van der Waals surface area contributed by atoms with Gasteiger partial charge < -0.3 is 9.47 Å². The molecule has 2 aromatic heterocycles. The molecular formula is C37H44F3N7O2S. The standard InChI is InChI=1S/C37H44F3N7O2S/c1-3-50(48,49)44-29-8-4-26(5-9-29)20-47-30(19-41)17-31-25(2)28(7-11-34(31)47)21-45-14-12-36(13-15-45)22-46(23-36)35-32-16-27(18-37(38,39)40)6-10-33(32)42-24-43-35/h6-7,10-11,16-17,24,26,29,44H,3-5,8-9,12-15,18,20-23H2,1-2H3. The number of rotatable bonds is 9. The Morgan fingerprint density at radius 2 is 1.76 bits per heavy atom. The Morgan fingerprint density at radius 1 is 1.02 bits per heavy atom. The molecule has 3 aliphatic rings. The Labute approximate surface area is 291 Å². The van der Waals surface area contributed by atoms with E-state index in [0.717, 1.165) is 88.7 Å². The number of hydrogen-bond donors (Lipinski definition) is 1. The molecule has 1 N–H and O–H groups in total. The van der Waals surface area contributed by atoms with E-state index in [0.29, 0.717) is 28.3 Å². The molecule has 0 atom stereocenters. The zero-order chi connectivity index (χ0) is 35.3. The van der Waals surface area contributed by atoms with Crippen molar-refractivity contribution in [3.63, 3.8) is 0 Å². The van der Waals surface area contributed by atoms with Crippen molar-refractivity contribution >= 4 is 37.6 Å². The molecule has 1 saturated carbocycles. The Morgan fingerprint density at radius 3 is 2.44 bits per heavy atom. The van der Waals surface area contributed by atoms with Gasteiger partial charge in [0, 0.05) is 53.9 Å². The zero-order valence-electron chi connectivity index (χ0n) is 28.6. The number of sulfonamides is 1. The molecule has 2 aliphatic heterocycles. The predicted molar refractivity (Wildman–Crippen MR) is 188 cm³/mol. The Bertz CT molecular complexity index is 2030. The minimum absolute atomic E-state index is 0.00683. The molecule has 0 unspecified atom stereocenters. The monoisotopic (exact) mass is 707 g/mol. The number of anilines is 1. The van der Waals surface area contributed by atoms with Crippen LogP contribution in [0, 0.1) is 29.6 Å². The molecule has 1 aliphatic carbocycles. The van der Waals surface area contributed by atoms with Crippen LogP contribution >= 0.6 is 0 Å². The summed E-state index contributed by atoms with van der Waals surface area (Å²) in [6, 6.07) is 13.5. The maximum atomic E-state index is 13.1. The van der Waals surface area contributed by atoms with Gasteiger partial charge in [-0.05, 0) is 112 Å². The van der Waals surface area contributed by atoms with Gasteiger partial charge in [-0.2, -0.15) is 18.4 Å². The summed E-state index contributed by atoms with van der Waals surface area (Å²) in [7, 11) is -3.21. The van der Waals surface area contributed by atoms with Crippen LogP contribution in [0.1, 0.15) is 67.8 Å². The summed E-state index contributed by atoms with van der Waals surface area (Å²) in [6.45, 7) is 9.00. The number of fused-ring (bicyclic) bond motifs is 2. The number of likely N-dealkylation sites (tertiary alicyclic amines) is 1. The summed E-state index contributed by atoms with van der Waals surface area (Å²) >= 11 is 0. The van der Waals surface area contributed by atoms with Crippen molar-refractivity contribution in [2.45, 2.75) is 84.1 Å². The largest absolute Gasteiger partial charge is 0.393 e. The Balaban J connectivity index is 0.970. The van der Waals surface area contributed by atoms with Crippen LogP contribution in [0.2, 0.25) is 0 Å². The first-order valence-corrected chi connectivity index (χ1v) is 19.3. The molecular weight excluding hydrogens is 664 g/mol. The van der Waals surface area contributed by atoms with Gasteiger partial charge in [-0.15, -0.1) is 0 Å². The number of nitrogens with one attached hydrogen (secondary N) is 1. The van der Waals surface area contributed by atoms with Crippen LogP contribution in [-0.4, -0.2) is 72.0 Å². The van der Waals surface area contributed by atoms with Crippen LogP contribution in [-0.2, 0) is 29.5 Å². The molecule has 50 heavy (non-hydrogen) atoms. The lowest BCUT2D eigenvalue weighted by molar-refractivity contribution is -0.127. The van der Waals surface area contributed by atoms with E-state index < -0.39 is 22.6 Å². The molecule has 2 aromatic carbocycles. The smallest absolute Gasteiger partial charge is 0.355 e. The van der Waals surface area contributed by atoms with Gasteiger partial charge in [0.2, 0.25) is 10.0 Å². The van der Waals surface area contributed by atoms with Crippen LogP contribution in [0.5, 0.6) is 0 Å². The van der Waals surface area contributed by atoms with Crippen molar-refractivity contribution in [1.82, 2.24) is 24.2 Å². The fourth-order valence-electron chi connectivity index (χ4n) is 8.38. The molecule has 4 aromatic rings. The summed E-state index contributed by atoms with van der Waals surface area (Å²) in [5.41, 5.74) is 5.25. The van der Waals surface area contributed by atoms with E-state index in [1.165, 1.54) is 23.5 Å². The van der Waals surface area contributed by atoms with Gasteiger partial charge in [-0.3, -0.25) is 4.90 Å². The molecule has 1 spiro atoms. The number of benzene rings is 2. The number of hydrogen-bond acceptors (Lipinski definition) is 7. The van der Waals surface area contributed by atoms with E-state index in [9.17, 15) is 26.9 Å². The molecule has 3 fully saturated rings. The van der Waals surface area contributed by atoms with E-state index in [4.69, 9.17) is 0 Å². The predicted octanol–water partition coefficient (Wildman–Crippen LogP) is 6.47. The number of nitrogens with zero attached hydrogens (tertiary/aromatic N) is 6. The van der Waals surface area contributed by atoms with Crippen molar-refractivity contribution in [2.24, 2.45) is 11.3 Å². The fraction of sp³-hybridized carbons (Fsp3) is 0.541. The van der Waals surface area contributed by atoms with Crippen molar-refractivity contribution in [3.8, 4) is 6.07 Å². The van der Waals surface area contributed by atoms with E-state index in [1.807, 2.05) is 6.07 Å². The maximum Gasteiger partial charge on any atom is 0.393 e. The minimum atomic E-state index is -4.27. The van der Waals surface area contributed by atoms with Crippen LogP contribution in [0.4, 0.5) is 19.0 Å². The summed E-state index contributed by atoms with van der Waals surface area (Å²) in [4.78, 5) is 13.5. The maximum absolute atomic E-state index is 13.1. The Hall–Kier alpha value is -3.73. The summed E-state index contributed by atoms with van der Waals surface area (Å²) in [5.74, 6) is 1.20. The summed E-state index contributed by atoms with van der Waals surface area (Å²) in [6.07, 6.45) is 1.82. The fourth-order valence-corrected chi connectivity index (χ4v) is 9.29. The molecule has 266 valence electrons. The quantitative estimate of drug-likeness (QED) is 0.213. The van der Waals surface area contributed by atoms with Crippen molar-refractivity contribution in [1.29, 1.82) is 5.26 Å². The molecule has 0 amide bonds. The molecule has 4 heterocycles. The summed E-state index contributed by atoms with van der Waals surface area (Å²) in [5, 5.41) is 11.8. The second-order valence-corrected chi connectivity index (χ2v) is 16.8. The minimum Gasteiger partial charge on any atom is -0.355 e. The molecule has 0 radical (unpaired) electrons. The van der Waals surface area contributed by atoms with Gasteiger partial charge in [0.25, 0.3) is 0 Å². The van der Waals surface area contributed by atoms with Gasteiger partial charge in [-0.25, -0.2) is 23.1 Å². The van der Waals surface area contributed by atoms with Gasteiger partial charge in [-0.1, -0.05) is 12.1 Å². The van der Waals surface area contributed by atoms with E-state index in [1.54, 1.807) is 19.1 Å². The van der Waals surface area contributed by atoms with Crippen molar-refractivity contribution in [2.75, 3.05) is 36.8 Å². The van der Waals surface area contributed by atoms with Crippen LogP contribution in [0.3, 0.4) is 0 Å². The van der Waals surface area contributed by atoms with Gasteiger partial charge in [0.05, 0.1) is 17.7 Å². The number of halogens is 3. The first kappa shape index (κ1) is 34.7. The third-order valence-corrected chi connectivity index (χ3v) is 12.8. The second-order valence-electron chi connectivity index (χ2n) is 14.7.